The first-order valence-electron chi connectivity index (χ1n) is 4.23. The normalized spacial score (nSPS) is 11.1. The molecule has 0 saturated carbocycles. The molecule has 1 rings (SSSR count). The summed E-state index contributed by atoms with van der Waals surface area (Å²) in [4.78, 5) is 11.0. The molecular formula is C9H6Cl2F3NO2. The average Bonchev–Trinajstić information content (AvgIpc) is 2.20. The number of anilines is 1. The van der Waals surface area contributed by atoms with E-state index in [-0.39, 0.29) is 10.7 Å². The van der Waals surface area contributed by atoms with Crippen molar-refractivity contribution in [2.75, 3.05) is 11.2 Å². The van der Waals surface area contributed by atoms with Gasteiger partial charge in [-0.15, -0.1) is 24.8 Å². The number of benzene rings is 1. The van der Waals surface area contributed by atoms with Crippen LogP contribution in [0.5, 0.6) is 5.75 Å². The topological polar surface area (TPSA) is 38.3 Å². The Balaban J connectivity index is 2.99. The second-order valence-corrected chi connectivity index (χ2v) is 3.57. The number of ether oxygens (including phenoxy) is 1. The fourth-order valence-electron chi connectivity index (χ4n) is 0.997. The Morgan fingerprint density at radius 3 is 2.59 bits per heavy atom. The van der Waals surface area contributed by atoms with E-state index in [9.17, 15) is 18.0 Å². The predicted octanol–water partition coefficient (Wildman–Crippen LogP) is 3.42. The molecule has 94 valence electrons. The largest absolute Gasteiger partial charge is 0.573 e. The van der Waals surface area contributed by atoms with Crippen LogP contribution in [-0.2, 0) is 4.79 Å². The van der Waals surface area contributed by atoms with Gasteiger partial charge in [-0.2, -0.15) is 0 Å². The first-order chi connectivity index (χ1) is 7.81. The Hall–Kier alpha value is -1.14. The molecule has 0 heterocycles. The molecule has 0 atom stereocenters. The second kappa shape index (κ2) is 5.46. The summed E-state index contributed by atoms with van der Waals surface area (Å²) >= 11 is 10.8. The van der Waals surface area contributed by atoms with Crippen LogP contribution in [0.15, 0.2) is 18.2 Å². The number of halogens is 5. The van der Waals surface area contributed by atoms with E-state index in [1.165, 1.54) is 6.07 Å². The summed E-state index contributed by atoms with van der Waals surface area (Å²) in [6.45, 7) is 0. The van der Waals surface area contributed by atoms with E-state index in [4.69, 9.17) is 23.2 Å². The molecular weight excluding hydrogens is 282 g/mol. The standard InChI is InChI=1S/C9H6Cl2F3NO2/c10-4-8(16)15-6-3-5(11)1-2-7(6)17-9(12,13)14/h1-3H,4H2,(H,15,16). The average molecular weight is 288 g/mol. The van der Waals surface area contributed by atoms with Crippen LogP contribution in [0, 0.1) is 0 Å². The van der Waals surface area contributed by atoms with E-state index in [0.717, 1.165) is 12.1 Å². The van der Waals surface area contributed by atoms with Crippen LogP contribution >= 0.6 is 23.2 Å². The number of nitrogens with one attached hydrogen (secondary N) is 1. The lowest BCUT2D eigenvalue weighted by Gasteiger charge is -2.13. The van der Waals surface area contributed by atoms with Gasteiger partial charge in [0.25, 0.3) is 0 Å². The van der Waals surface area contributed by atoms with Gasteiger partial charge in [-0.25, -0.2) is 0 Å². The van der Waals surface area contributed by atoms with Crippen molar-refractivity contribution in [1.82, 2.24) is 0 Å². The minimum atomic E-state index is -4.85. The molecule has 17 heavy (non-hydrogen) atoms. The third-order valence-corrected chi connectivity index (χ3v) is 2.04. The summed E-state index contributed by atoms with van der Waals surface area (Å²) in [5.41, 5.74) is -0.194. The van der Waals surface area contributed by atoms with Gasteiger partial charge in [0.1, 0.15) is 5.88 Å². The Labute approximate surface area is 104 Å². The van der Waals surface area contributed by atoms with E-state index < -0.39 is 23.9 Å². The minimum absolute atomic E-state index is 0.157. The van der Waals surface area contributed by atoms with Crippen molar-refractivity contribution in [3.8, 4) is 5.75 Å². The zero-order chi connectivity index (χ0) is 13.1. The van der Waals surface area contributed by atoms with Crippen LogP contribution in [-0.4, -0.2) is 18.1 Å². The number of alkyl halides is 4. The van der Waals surface area contributed by atoms with Crippen LogP contribution in [0.2, 0.25) is 5.02 Å². The second-order valence-electron chi connectivity index (χ2n) is 2.87. The highest BCUT2D eigenvalue weighted by Crippen LogP contribution is 2.32. The molecule has 3 nitrogen and oxygen atoms in total. The number of hydrogen-bond acceptors (Lipinski definition) is 2. The Bertz CT molecular complexity index is 423. The van der Waals surface area contributed by atoms with Crippen molar-refractivity contribution in [3.05, 3.63) is 23.2 Å². The summed E-state index contributed by atoms with van der Waals surface area (Å²) in [6.07, 6.45) is -4.85. The molecule has 0 bridgehead atoms. The molecule has 0 aliphatic rings. The predicted molar refractivity (Wildman–Crippen MR) is 57.5 cm³/mol. The highest BCUT2D eigenvalue weighted by atomic mass is 35.5. The van der Waals surface area contributed by atoms with E-state index in [2.05, 4.69) is 10.1 Å². The van der Waals surface area contributed by atoms with Crippen molar-refractivity contribution in [2.45, 2.75) is 6.36 Å². The summed E-state index contributed by atoms with van der Waals surface area (Å²) in [5, 5.41) is 2.30. The van der Waals surface area contributed by atoms with Crippen LogP contribution in [0.4, 0.5) is 18.9 Å². The molecule has 1 N–H and O–H groups in total. The van der Waals surface area contributed by atoms with Gasteiger partial charge < -0.3 is 10.1 Å². The molecule has 0 radical (unpaired) electrons. The number of amides is 1. The zero-order valence-corrected chi connectivity index (χ0v) is 9.66. The van der Waals surface area contributed by atoms with Gasteiger partial charge in [0.2, 0.25) is 5.91 Å². The molecule has 0 aliphatic heterocycles. The molecule has 1 aromatic rings. The van der Waals surface area contributed by atoms with E-state index >= 15 is 0 Å². The molecule has 1 aromatic carbocycles. The summed E-state index contributed by atoms with van der Waals surface area (Å²) < 4.78 is 39.9. The minimum Gasteiger partial charge on any atom is -0.404 e. The first-order valence-corrected chi connectivity index (χ1v) is 5.14. The molecule has 0 aromatic heterocycles. The molecule has 1 amide bonds. The van der Waals surface area contributed by atoms with Crippen molar-refractivity contribution >= 4 is 34.8 Å². The van der Waals surface area contributed by atoms with Crippen molar-refractivity contribution in [2.24, 2.45) is 0 Å². The van der Waals surface area contributed by atoms with Gasteiger partial charge in [-0.3, -0.25) is 4.79 Å². The lowest BCUT2D eigenvalue weighted by Crippen LogP contribution is -2.20. The van der Waals surface area contributed by atoms with Gasteiger partial charge in [0.05, 0.1) is 5.69 Å². The Morgan fingerprint density at radius 2 is 2.06 bits per heavy atom. The third-order valence-electron chi connectivity index (χ3n) is 1.56. The molecule has 0 aliphatic carbocycles. The number of rotatable bonds is 3. The van der Waals surface area contributed by atoms with E-state index in [1.54, 1.807) is 0 Å². The Morgan fingerprint density at radius 1 is 1.41 bits per heavy atom. The maximum atomic E-state index is 12.0. The van der Waals surface area contributed by atoms with Crippen LogP contribution in [0.25, 0.3) is 0 Å². The van der Waals surface area contributed by atoms with E-state index in [0.29, 0.717) is 0 Å². The van der Waals surface area contributed by atoms with Crippen LogP contribution in [0.3, 0.4) is 0 Å². The highest BCUT2D eigenvalue weighted by molar-refractivity contribution is 6.31. The van der Waals surface area contributed by atoms with E-state index in [1.807, 2.05) is 0 Å². The van der Waals surface area contributed by atoms with Gasteiger partial charge in [-0.1, -0.05) is 11.6 Å². The first kappa shape index (κ1) is 13.9. The van der Waals surface area contributed by atoms with Gasteiger partial charge in [-0.05, 0) is 18.2 Å². The monoisotopic (exact) mass is 287 g/mol. The Kier molecular flexibility index (Phi) is 4.47. The van der Waals surface area contributed by atoms with Crippen molar-refractivity contribution in [1.29, 1.82) is 0 Å². The zero-order valence-electron chi connectivity index (χ0n) is 8.15. The number of carbonyl (C=O) groups excluding carboxylic acids is 1. The number of hydrogen-bond donors (Lipinski definition) is 1. The van der Waals surface area contributed by atoms with Crippen molar-refractivity contribution < 1.29 is 22.7 Å². The van der Waals surface area contributed by atoms with Gasteiger partial charge >= 0.3 is 6.36 Å². The summed E-state index contributed by atoms with van der Waals surface area (Å²) in [7, 11) is 0. The molecule has 0 fully saturated rings. The van der Waals surface area contributed by atoms with Crippen LogP contribution < -0.4 is 10.1 Å². The highest BCUT2D eigenvalue weighted by Gasteiger charge is 2.32. The molecule has 0 unspecified atom stereocenters. The molecule has 0 saturated heterocycles. The molecule has 8 heteroatoms. The lowest BCUT2D eigenvalue weighted by molar-refractivity contribution is -0.274. The van der Waals surface area contributed by atoms with Gasteiger partial charge in [0, 0.05) is 5.02 Å². The SMILES string of the molecule is O=C(CCl)Nc1cc(Cl)ccc1OC(F)(F)F. The fourth-order valence-corrected chi connectivity index (χ4v) is 1.24. The third kappa shape index (κ3) is 4.70. The van der Waals surface area contributed by atoms with Gasteiger partial charge in [0.15, 0.2) is 5.75 Å². The quantitative estimate of drug-likeness (QED) is 0.865. The summed E-state index contributed by atoms with van der Waals surface area (Å²) in [6, 6.07) is 3.34. The van der Waals surface area contributed by atoms with Crippen LogP contribution in [0.1, 0.15) is 0 Å². The fraction of sp³-hybridized carbons (Fsp3) is 0.222. The summed E-state index contributed by atoms with van der Waals surface area (Å²) in [5.74, 6) is -1.61. The van der Waals surface area contributed by atoms with Crippen molar-refractivity contribution in [3.63, 3.8) is 0 Å². The molecule has 0 spiro atoms. The smallest absolute Gasteiger partial charge is 0.404 e. The lowest BCUT2D eigenvalue weighted by atomic mass is 10.3. The number of carbonyl (C=O) groups is 1. The maximum Gasteiger partial charge on any atom is 0.573 e. The maximum absolute atomic E-state index is 12.0.